The van der Waals surface area contributed by atoms with Crippen molar-refractivity contribution in [3.8, 4) is 0 Å². The highest BCUT2D eigenvalue weighted by molar-refractivity contribution is 5.84. The molecule has 1 aliphatic carbocycles. The Labute approximate surface area is 141 Å². The first-order valence-electron chi connectivity index (χ1n) is 8.19. The Hall–Kier alpha value is -2.27. The summed E-state index contributed by atoms with van der Waals surface area (Å²) < 4.78 is 14.3. The van der Waals surface area contributed by atoms with Crippen LogP contribution in [-0.2, 0) is 11.3 Å². The lowest BCUT2D eigenvalue weighted by molar-refractivity contribution is -0.137. The number of nitrogens with zero attached hydrogens (tertiary/aromatic N) is 3. The Bertz CT molecular complexity index is 701. The van der Waals surface area contributed by atoms with E-state index in [-0.39, 0.29) is 17.8 Å². The second-order valence-electron chi connectivity index (χ2n) is 6.41. The van der Waals surface area contributed by atoms with Crippen LogP contribution in [0.4, 0.5) is 4.39 Å². The van der Waals surface area contributed by atoms with E-state index in [1.807, 2.05) is 23.1 Å². The molecule has 1 aromatic carbocycles. The number of amides is 1. The van der Waals surface area contributed by atoms with Crippen molar-refractivity contribution < 1.29 is 9.18 Å². The monoisotopic (exact) mass is 327 g/mol. The minimum absolute atomic E-state index is 0.0711. The molecule has 5 heteroatoms. The Morgan fingerprint density at radius 3 is 2.50 bits per heavy atom. The fourth-order valence-corrected chi connectivity index (χ4v) is 2.93. The maximum atomic E-state index is 14.3. The normalized spacial score (nSPS) is 15.3. The van der Waals surface area contributed by atoms with Crippen LogP contribution < -0.4 is 0 Å². The fourth-order valence-electron chi connectivity index (χ4n) is 2.93. The fraction of sp³-hybridized carbons (Fsp3) is 0.368. The van der Waals surface area contributed by atoms with Crippen molar-refractivity contribution in [3.05, 3.63) is 65.7 Å². The minimum Gasteiger partial charge on any atom is -0.332 e. The topological polar surface area (TPSA) is 36.4 Å². The largest absolute Gasteiger partial charge is 0.332 e. The first-order valence-corrected chi connectivity index (χ1v) is 8.19. The number of hydrogen-bond donors (Lipinski definition) is 0. The van der Waals surface area contributed by atoms with Crippen molar-refractivity contribution >= 4 is 5.91 Å². The van der Waals surface area contributed by atoms with E-state index in [0.717, 1.165) is 18.5 Å². The number of carbonyl (C=O) groups excluding carboxylic acids is 1. The molecule has 1 aliphatic rings. The number of rotatable bonds is 6. The lowest BCUT2D eigenvalue weighted by Gasteiger charge is -2.31. The molecule has 0 bridgehead atoms. The molecule has 4 nitrogen and oxygen atoms in total. The SMILES string of the molecule is CN(C)C(C(=O)N(Cc1ccccn1)C1CC1)c1ccccc1F. The van der Waals surface area contributed by atoms with E-state index < -0.39 is 6.04 Å². The summed E-state index contributed by atoms with van der Waals surface area (Å²) in [5.74, 6) is -0.420. The molecule has 1 aromatic heterocycles. The summed E-state index contributed by atoms with van der Waals surface area (Å²) in [6, 6.07) is 11.8. The van der Waals surface area contributed by atoms with Gasteiger partial charge in [-0.15, -0.1) is 0 Å². The van der Waals surface area contributed by atoms with Gasteiger partial charge in [-0.25, -0.2) is 4.39 Å². The number of carbonyl (C=O) groups is 1. The first kappa shape index (κ1) is 16.6. The molecule has 1 amide bonds. The quantitative estimate of drug-likeness (QED) is 0.818. The van der Waals surface area contributed by atoms with Gasteiger partial charge in [-0.3, -0.25) is 14.7 Å². The second-order valence-corrected chi connectivity index (χ2v) is 6.41. The van der Waals surface area contributed by atoms with E-state index in [4.69, 9.17) is 0 Å². The summed E-state index contributed by atoms with van der Waals surface area (Å²) in [5, 5.41) is 0. The maximum absolute atomic E-state index is 14.3. The van der Waals surface area contributed by atoms with Crippen molar-refractivity contribution in [3.63, 3.8) is 0 Å². The van der Waals surface area contributed by atoms with Gasteiger partial charge in [0.2, 0.25) is 5.91 Å². The molecule has 0 N–H and O–H groups in total. The number of benzene rings is 1. The molecule has 1 atom stereocenters. The summed E-state index contributed by atoms with van der Waals surface area (Å²) in [5.41, 5.74) is 1.27. The molecule has 0 saturated heterocycles. The Morgan fingerprint density at radius 1 is 1.21 bits per heavy atom. The predicted molar refractivity (Wildman–Crippen MR) is 90.6 cm³/mol. The number of hydrogen-bond acceptors (Lipinski definition) is 3. The van der Waals surface area contributed by atoms with Gasteiger partial charge in [0.25, 0.3) is 0 Å². The number of aromatic nitrogens is 1. The Balaban J connectivity index is 1.88. The molecule has 0 spiro atoms. The molecule has 3 rings (SSSR count). The van der Waals surface area contributed by atoms with E-state index in [1.165, 1.54) is 6.07 Å². The van der Waals surface area contributed by atoms with Gasteiger partial charge in [0, 0.05) is 17.8 Å². The summed E-state index contributed by atoms with van der Waals surface area (Å²) in [6.45, 7) is 0.461. The van der Waals surface area contributed by atoms with Gasteiger partial charge in [0.1, 0.15) is 11.9 Å². The van der Waals surface area contributed by atoms with Crippen LogP contribution in [0.2, 0.25) is 0 Å². The average molecular weight is 327 g/mol. The van der Waals surface area contributed by atoms with Crippen molar-refractivity contribution in [2.24, 2.45) is 0 Å². The third kappa shape index (κ3) is 3.62. The smallest absolute Gasteiger partial charge is 0.245 e. The molecular weight excluding hydrogens is 305 g/mol. The third-order valence-electron chi connectivity index (χ3n) is 4.28. The van der Waals surface area contributed by atoms with E-state index in [0.29, 0.717) is 12.1 Å². The maximum Gasteiger partial charge on any atom is 0.245 e. The molecule has 1 unspecified atom stereocenters. The van der Waals surface area contributed by atoms with Gasteiger partial charge in [-0.2, -0.15) is 0 Å². The average Bonchev–Trinajstić information content (AvgIpc) is 3.40. The highest BCUT2D eigenvalue weighted by Crippen LogP contribution is 2.32. The molecule has 1 fully saturated rings. The van der Waals surface area contributed by atoms with Crippen molar-refractivity contribution in [1.29, 1.82) is 0 Å². The molecule has 1 heterocycles. The van der Waals surface area contributed by atoms with E-state index >= 15 is 0 Å². The minimum atomic E-state index is -0.629. The number of halogens is 1. The molecule has 1 saturated carbocycles. The summed E-state index contributed by atoms with van der Waals surface area (Å²) >= 11 is 0. The standard InChI is InChI=1S/C19H22FN3O/c1-22(2)18(16-8-3-4-9-17(16)20)19(24)23(15-10-11-15)13-14-7-5-6-12-21-14/h3-9,12,15,18H,10-11,13H2,1-2H3. The van der Waals surface area contributed by atoms with Crippen LogP contribution in [0.3, 0.4) is 0 Å². The molecule has 24 heavy (non-hydrogen) atoms. The zero-order chi connectivity index (χ0) is 17.1. The highest BCUT2D eigenvalue weighted by atomic mass is 19.1. The van der Waals surface area contributed by atoms with Crippen LogP contribution in [-0.4, -0.2) is 40.8 Å². The van der Waals surface area contributed by atoms with Gasteiger partial charge >= 0.3 is 0 Å². The first-order chi connectivity index (χ1) is 11.6. The molecule has 2 aromatic rings. The van der Waals surface area contributed by atoms with Crippen molar-refractivity contribution in [1.82, 2.24) is 14.8 Å². The molecule has 0 aliphatic heterocycles. The van der Waals surface area contributed by atoms with Crippen LogP contribution in [0.1, 0.15) is 30.1 Å². The Kier molecular flexibility index (Phi) is 4.90. The van der Waals surface area contributed by atoms with Gasteiger partial charge < -0.3 is 4.90 Å². The lowest BCUT2D eigenvalue weighted by Crippen LogP contribution is -2.41. The van der Waals surface area contributed by atoms with Crippen LogP contribution in [0, 0.1) is 5.82 Å². The van der Waals surface area contributed by atoms with Gasteiger partial charge in [0.05, 0.1) is 12.2 Å². The summed E-state index contributed by atoms with van der Waals surface area (Å²) in [4.78, 5) is 21.2. The van der Waals surface area contributed by atoms with Crippen molar-refractivity contribution in [2.45, 2.75) is 31.5 Å². The summed E-state index contributed by atoms with van der Waals surface area (Å²) in [6.07, 6.45) is 3.72. The molecule has 0 radical (unpaired) electrons. The highest BCUT2D eigenvalue weighted by Gasteiger charge is 2.38. The van der Waals surface area contributed by atoms with Gasteiger partial charge in [-0.1, -0.05) is 24.3 Å². The lowest BCUT2D eigenvalue weighted by atomic mass is 10.0. The van der Waals surface area contributed by atoms with E-state index in [9.17, 15) is 9.18 Å². The van der Waals surface area contributed by atoms with Gasteiger partial charge in [-0.05, 0) is 45.1 Å². The van der Waals surface area contributed by atoms with Crippen molar-refractivity contribution in [2.75, 3.05) is 14.1 Å². The van der Waals surface area contributed by atoms with E-state index in [1.54, 1.807) is 43.4 Å². The molecule has 126 valence electrons. The predicted octanol–water partition coefficient (Wildman–Crippen LogP) is 3.01. The van der Waals surface area contributed by atoms with E-state index in [2.05, 4.69) is 4.98 Å². The number of pyridine rings is 1. The zero-order valence-electron chi connectivity index (χ0n) is 14.0. The van der Waals surface area contributed by atoms with Crippen LogP contribution >= 0.6 is 0 Å². The van der Waals surface area contributed by atoms with Crippen LogP contribution in [0.5, 0.6) is 0 Å². The second kappa shape index (κ2) is 7.09. The molecular formula is C19H22FN3O. The van der Waals surface area contributed by atoms with Crippen LogP contribution in [0.25, 0.3) is 0 Å². The zero-order valence-corrected chi connectivity index (χ0v) is 14.0. The number of likely N-dealkylation sites (N-methyl/N-ethyl adjacent to an activating group) is 1. The Morgan fingerprint density at radius 2 is 1.92 bits per heavy atom. The van der Waals surface area contributed by atoms with Gasteiger partial charge in [0.15, 0.2) is 0 Å². The third-order valence-corrected chi connectivity index (χ3v) is 4.28. The summed E-state index contributed by atoms with van der Waals surface area (Å²) in [7, 11) is 3.61. The van der Waals surface area contributed by atoms with Crippen LogP contribution in [0.15, 0.2) is 48.7 Å².